The fourth-order valence-corrected chi connectivity index (χ4v) is 4.31. The maximum absolute atomic E-state index is 12.8. The van der Waals surface area contributed by atoms with Crippen molar-refractivity contribution in [3.8, 4) is 11.8 Å². The molecule has 3 rings (SSSR count). The predicted molar refractivity (Wildman–Crippen MR) is 113 cm³/mol. The van der Waals surface area contributed by atoms with E-state index in [1.165, 1.54) is 10.4 Å². The Balaban J connectivity index is 1.59. The molecule has 0 N–H and O–H groups in total. The van der Waals surface area contributed by atoms with Crippen LogP contribution in [-0.2, 0) is 22.6 Å². The summed E-state index contributed by atoms with van der Waals surface area (Å²) in [5.74, 6) is 0.588. The number of hydrogen-bond donors (Lipinski definition) is 0. The molecule has 7 heteroatoms. The summed E-state index contributed by atoms with van der Waals surface area (Å²) in [6, 6.07) is 11.4. The largest absolute Gasteiger partial charge is 0.494 e. The molecule has 0 saturated carbocycles. The fraction of sp³-hybridized carbons (Fsp3) is 0.409. The topological polar surface area (TPSA) is 73.6 Å². The van der Waals surface area contributed by atoms with Gasteiger partial charge in [-0.25, -0.2) is 0 Å². The van der Waals surface area contributed by atoms with Crippen molar-refractivity contribution in [3.05, 3.63) is 46.2 Å². The SMILES string of the molecule is CCOc1ccc(N(CCC#N)C(=O)CCC(=O)N2CCc3sccc3C2)cc1. The van der Waals surface area contributed by atoms with Gasteiger partial charge < -0.3 is 14.5 Å². The molecule has 29 heavy (non-hydrogen) atoms. The van der Waals surface area contributed by atoms with Crippen molar-refractivity contribution >= 4 is 28.8 Å². The Morgan fingerprint density at radius 2 is 2.03 bits per heavy atom. The Morgan fingerprint density at radius 3 is 2.76 bits per heavy atom. The van der Waals surface area contributed by atoms with Gasteiger partial charge in [0.25, 0.3) is 0 Å². The lowest BCUT2D eigenvalue weighted by atomic mass is 10.1. The molecule has 1 aromatic heterocycles. The Morgan fingerprint density at radius 1 is 1.24 bits per heavy atom. The zero-order chi connectivity index (χ0) is 20.6. The molecule has 0 aliphatic carbocycles. The van der Waals surface area contributed by atoms with Crippen molar-refractivity contribution < 1.29 is 14.3 Å². The van der Waals surface area contributed by atoms with E-state index in [1.54, 1.807) is 16.2 Å². The van der Waals surface area contributed by atoms with E-state index in [-0.39, 0.29) is 31.1 Å². The van der Waals surface area contributed by atoms with Crippen LogP contribution in [0.5, 0.6) is 5.75 Å². The summed E-state index contributed by atoms with van der Waals surface area (Å²) >= 11 is 1.74. The van der Waals surface area contributed by atoms with Gasteiger partial charge in [0.2, 0.25) is 11.8 Å². The highest BCUT2D eigenvalue weighted by molar-refractivity contribution is 7.10. The Labute approximate surface area is 175 Å². The van der Waals surface area contributed by atoms with E-state index in [0.717, 1.165) is 12.2 Å². The smallest absolute Gasteiger partial charge is 0.227 e. The van der Waals surface area contributed by atoms with Crippen molar-refractivity contribution in [1.82, 2.24) is 4.90 Å². The standard InChI is InChI=1S/C22H25N3O3S/c1-2-28-19-6-4-18(5-7-19)25(13-3-12-23)22(27)9-8-21(26)24-14-10-20-17(16-24)11-15-29-20/h4-7,11,15H,2-3,8-10,13-14,16H2,1H3. The first-order valence-corrected chi connectivity index (χ1v) is 10.7. The van der Waals surface area contributed by atoms with Crippen LogP contribution in [0.1, 0.15) is 36.6 Å². The lowest BCUT2D eigenvalue weighted by Gasteiger charge is -2.27. The van der Waals surface area contributed by atoms with Gasteiger partial charge in [0.05, 0.1) is 19.1 Å². The van der Waals surface area contributed by atoms with Crippen LogP contribution >= 0.6 is 11.3 Å². The van der Waals surface area contributed by atoms with Crippen molar-refractivity contribution in [3.63, 3.8) is 0 Å². The van der Waals surface area contributed by atoms with Crippen LogP contribution < -0.4 is 9.64 Å². The molecule has 1 aromatic carbocycles. The highest BCUT2D eigenvalue weighted by atomic mass is 32.1. The maximum Gasteiger partial charge on any atom is 0.227 e. The number of ether oxygens (including phenoxy) is 1. The number of nitriles is 1. The van der Waals surface area contributed by atoms with E-state index < -0.39 is 0 Å². The van der Waals surface area contributed by atoms with Gasteiger partial charge >= 0.3 is 0 Å². The molecule has 0 fully saturated rings. The first kappa shape index (κ1) is 20.9. The van der Waals surface area contributed by atoms with Gasteiger partial charge in [0.15, 0.2) is 0 Å². The van der Waals surface area contributed by atoms with Crippen LogP contribution in [0.25, 0.3) is 0 Å². The average Bonchev–Trinajstić information content (AvgIpc) is 3.21. The second kappa shape index (κ2) is 10.1. The summed E-state index contributed by atoms with van der Waals surface area (Å²) in [7, 11) is 0. The molecule has 0 saturated heterocycles. The minimum Gasteiger partial charge on any atom is -0.494 e. The third-order valence-electron chi connectivity index (χ3n) is 4.92. The average molecular weight is 412 g/mol. The van der Waals surface area contributed by atoms with Gasteiger partial charge in [0, 0.05) is 43.0 Å². The molecule has 1 aliphatic heterocycles. The van der Waals surface area contributed by atoms with Crippen LogP contribution in [0.15, 0.2) is 35.7 Å². The van der Waals surface area contributed by atoms with Gasteiger partial charge in [-0.05, 0) is 54.6 Å². The van der Waals surface area contributed by atoms with Crippen molar-refractivity contribution in [2.75, 3.05) is 24.6 Å². The van der Waals surface area contributed by atoms with Crippen LogP contribution in [0.3, 0.4) is 0 Å². The third-order valence-corrected chi connectivity index (χ3v) is 5.94. The van der Waals surface area contributed by atoms with Gasteiger partial charge in [-0.3, -0.25) is 9.59 Å². The number of benzene rings is 1. The van der Waals surface area contributed by atoms with Crippen molar-refractivity contribution in [2.24, 2.45) is 0 Å². The number of hydrogen-bond acceptors (Lipinski definition) is 5. The molecule has 152 valence electrons. The molecule has 6 nitrogen and oxygen atoms in total. The van der Waals surface area contributed by atoms with Crippen LogP contribution in [0, 0.1) is 11.3 Å². The number of carbonyl (C=O) groups is 2. The van der Waals surface area contributed by atoms with Gasteiger partial charge in [-0.1, -0.05) is 0 Å². The number of nitrogens with zero attached hydrogens (tertiary/aromatic N) is 3. The molecule has 0 atom stereocenters. The lowest BCUT2D eigenvalue weighted by molar-refractivity contribution is -0.134. The number of amides is 2. The van der Waals surface area contributed by atoms with Crippen LogP contribution in [0.4, 0.5) is 5.69 Å². The van der Waals surface area contributed by atoms with Crippen LogP contribution in [0.2, 0.25) is 0 Å². The molecule has 0 bridgehead atoms. The minimum atomic E-state index is -0.147. The normalized spacial score (nSPS) is 12.8. The summed E-state index contributed by atoms with van der Waals surface area (Å²) in [5, 5.41) is 11.0. The number of carbonyl (C=O) groups excluding carboxylic acids is 2. The summed E-state index contributed by atoms with van der Waals surface area (Å²) in [4.78, 5) is 30.2. The number of thiophene rings is 1. The Kier molecular flexibility index (Phi) is 7.25. The van der Waals surface area contributed by atoms with E-state index in [4.69, 9.17) is 10.00 Å². The van der Waals surface area contributed by atoms with Gasteiger partial charge in [0.1, 0.15) is 5.75 Å². The zero-order valence-electron chi connectivity index (χ0n) is 16.6. The number of rotatable bonds is 8. The molecule has 0 radical (unpaired) electrons. The fourth-order valence-electron chi connectivity index (χ4n) is 3.42. The molecule has 2 heterocycles. The molecule has 0 spiro atoms. The number of anilines is 1. The highest BCUT2D eigenvalue weighted by Crippen LogP contribution is 2.25. The highest BCUT2D eigenvalue weighted by Gasteiger charge is 2.23. The van der Waals surface area contributed by atoms with Crippen molar-refractivity contribution in [2.45, 2.75) is 39.2 Å². The molecule has 2 aromatic rings. The second-order valence-electron chi connectivity index (χ2n) is 6.81. The quantitative estimate of drug-likeness (QED) is 0.663. The molecule has 2 amide bonds. The van der Waals surface area contributed by atoms with Gasteiger partial charge in [-0.2, -0.15) is 5.26 Å². The molecule has 0 unspecified atom stereocenters. The Bertz CT molecular complexity index is 885. The molecular weight excluding hydrogens is 386 g/mol. The van der Waals surface area contributed by atoms with Gasteiger partial charge in [-0.15, -0.1) is 11.3 Å². The van der Waals surface area contributed by atoms with E-state index >= 15 is 0 Å². The van der Waals surface area contributed by atoms with Crippen LogP contribution in [-0.4, -0.2) is 36.4 Å². The van der Waals surface area contributed by atoms with E-state index in [2.05, 4.69) is 17.5 Å². The molecule has 1 aliphatic rings. The summed E-state index contributed by atoms with van der Waals surface area (Å²) in [6.07, 6.45) is 1.43. The van der Waals surface area contributed by atoms with Crippen molar-refractivity contribution in [1.29, 1.82) is 5.26 Å². The summed E-state index contributed by atoms with van der Waals surface area (Å²) in [5.41, 5.74) is 1.92. The first-order chi connectivity index (χ1) is 14.1. The second-order valence-corrected chi connectivity index (χ2v) is 7.82. The maximum atomic E-state index is 12.8. The monoisotopic (exact) mass is 411 g/mol. The predicted octanol–water partition coefficient (Wildman–Crippen LogP) is 3.76. The third kappa shape index (κ3) is 5.36. The zero-order valence-corrected chi connectivity index (χ0v) is 17.4. The number of fused-ring (bicyclic) bond motifs is 1. The molecular formula is C22H25N3O3S. The van der Waals surface area contributed by atoms with E-state index in [0.29, 0.717) is 31.9 Å². The van der Waals surface area contributed by atoms with E-state index in [9.17, 15) is 9.59 Å². The van der Waals surface area contributed by atoms with E-state index in [1.807, 2.05) is 36.1 Å². The summed E-state index contributed by atoms with van der Waals surface area (Å²) in [6.45, 7) is 4.12. The first-order valence-electron chi connectivity index (χ1n) is 9.85. The Hall–Kier alpha value is -2.85. The summed E-state index contributed by atoms with van der Waals surface area (Å²) < 4.78 is 5.44. The lowest BCUT2D eigenvalue weighted by Crippen LogP contribution is -2.37. The minimum absolute atomic E-state index is 0.00197.